The minimum Gasteiger partial charge on any atom is -0.447 e. The van der Waals surface area contributed by atoms with Crippen LogP contribution in [0.5, 0.6) is 0 Å². The summed E-state index contributed by atoms with van der Waals surface area (Å²) < 4.78 is 5.05. The van der Waals surface area contributed by atoms with Crippen LogP contribution in [0.4, 0.5) is 10.5 Å². The molecule has 2 N–H and O–H groups in total. The average Bonchev–Trinajstić information content (AvgIpc) is 3.15. The van der Waals surface area contributed by atoms with Gasteiger partial charge >= 0.3 is 6.09 Å². The van der Waals surface area contributed by atoms with E-state index in [0.29, 0.717) is 13.2 Å². The lowest BCUT2D eigenvalue weighted by Gasteiger charge is -2.22. The summed E-state index contributed by atoms with van der Waals surface area (Å²) in [6, 6.07) is 8.08. The smallest absolute Gasteiger partial charge is 0.414 e. The fourth-order valence-corrected chi connectivity index (χ4v) is 2.85. The molecule has 1 saturated heterocycles. The Balaban J connectivity index is 1.95. The minimum atomic E-state index is -0.353. The zero-order valence-electron chi connectivity index (χ0n) is 11.4. The third kappa shape index (κ3) is 1.84. The number of hydrogen-bond acceptors (Lipinski definition) is 4. The number of anilines is 1. The number of ether oxygens (including phenoxy) is 1. The molecule has 2 aliphatic rings. The van der Waals surface area contributed by atoms with E-state index in [1.165, 1.54) is 0 Å². The Morgan fingerprint density at radius 3 is 2.85 bits per heavy atom. The van der Waals surface area contributed by atoms with Crippen molar-refractivity contribution in [1.29, 1.82) is 5.26 Å². The van der Waals surface area contributed by atoms with Gasteiger partial charge in [0.15, 0.2) is 0 Å². The van der Waals surface area contributed by atoms with Crippen molar-refractivity contribution in [3.05, 3.63) is 29.3 Å². The van der Waals surface area contributed by atoms with Crippen molar-refractivity contribution < 1.29 is 9.53 Å². The second-order valence-electron chi connectivity index (χ2n) is 5.53. The third-order valence-electron chi connectivity index (χ3n) is 4.20. The summed E-state index contributed by atoms with van der Waals surface area (Å²) in [4.78, 5) is 13.4. The Bertz CT molecular complexity index is 602. The first-order valence-electron chi connectivity index (χ1n) is 6.80. The molecule has 1 atom stereocenters. The summed E-state index contributed by atoms with van der Waals surface area (Å²) in [6.07, 6.45) is 1.48. The molecule has 1 aromatic carbocycles. The van der Waals surface area contributed by atoms with Crippen molar-refractivity contribution in [3.8, 4) is 6.07 Å². The molecule has 0 aromatic heterocycles. The molecule has 5 nitrogen and oxygen atoms in total. The number of aryl methyl sites for hydroxylation is 1. The summed E-state index contributed by atoms with van der Waals surface area (Å²) in [5.41, 5.74) is 8.27. The largest absolute Gasteiger partial charge is 0.447 e. The van der Waals surface area contributed by atoms with E-state index in [1.54, 1.807) is 4.90 Å². The molecule has 20 heavy (non-hydrogen) atoms. The first kappa shape index (κ1) is 12.9. The van der Waals surface area contributed by atoms with Gasteiger partial charge in [0.25, 0.3) is 0 Å². The summed E-state index contributed by atoms with van der Waals surface area (Å²) in [5.74, 6) is 0. The zero-order chi connectivity index (χ0) is 14.3. The van der Waals surface area contributed by atoms with E-state index in [2.05, 4.69) is 6.07 Å². The number of benzene rings is 1. The molecule has 0 spiro atoms. The Kier molecular flexibility index (Phi) is 2.91. The van der Waals surface area contributed by atoms with Gasteiger partial charge in [0.1, 0.15) is 6.61 Å². The molecule has 0 radical (unpaired) electrons. The summed E-state index contributed by atoms with van der Waals surface area (Å²) in [5, 5.41) is 9.29. The first-order chi connectivity index (χ1) is 9.61. The fraction of sp³-hybridized carbons (Fsp3) is 0.467. The van der Waals surface area contributed by atoms with Crippen LogP contribution in [0, 0.1) is 18.3 Å². The third-order valence-corrected chi connectivity index (χ3v) is 4.20. The standard InChI is InChI=1S/C15H17N3O2/c1-10-6-11(18-12(7-16)8-20-14(18)19)2-3-13(10)15(9-17)4-5-15/h2-3,6,12H,4-5,7-8,16H2,1H3/t12-/m0/s1. The van der Waals surface area contributed by atoms with Crippen molar-refractivity contribution in [2.24, 2.45) is 5.73 Å². The molecule has 1 saturated carbocycles. The highest BCUT2D eigenvalue weighted by Gasteiger charge is 2.46. The Morgan fingerprint density at radius 1 is 1.55 bits per heavy atom. The second kappa shape index (κ2) is 4.50. The number of nitriles is 1. The van der Waals surface area contributed by atoms with Crippen LogP contribution < -0.4 is 10.6 Å². The first-order valence-corrected chi connectivity index (χ1v) is 6.80. The summed E-state index contributed by atoms with van der Waals surface area (Å²) in [6.45, 7) is 2.68. The molecule has 1 amide bonds. The van der Waals surface area contributed by atoms with Gasteiger partial charge in [-0.1, -0.05) is 6.07 Å². The molecule has 1 aromatic rings. The van der Waals surface area contributed by atoms with E-state index in [0.717, 1.165) is 29.7 Å². The van der Waals surface area contributed by atoms with Gasteiger partial charge in [0.05, 0.1) is 17.5 Å². The number of hydrogen-bond donors (Lipinski definition) is 1. The number of carbonyl (C=O) groups is 1. The Hall–Kier alpha value is -2.06. The van der Waals surface area contributed by atoms with Crippen molar-refractivity contribution >= 4 is 11.8 Å². The average molecular weight is 271 g/mol. The van der Waals surface area contributed by atoms with Gasteiger partial charge in [-0.15, -0.1) is 0 Å². The van der Waals surface area contributed by atoms with Crippen LogP contribution in [0.1, 0.15) is 24.0 Å². The molecule has 0 bridgehead atoms. The van der Waals surface area contributed by atoms with E-state index in [4.69, 9.17) is 10.5 Å². The van der Waals surface area contributed by atoms with Crippen LogP contribution in [0.15, 0.2) is 18.2 Å². The number of amides is 1. The highest BCUT2D eigenvalue weighted by molar-refractivity contribution is 5.90. The maximum atomic E-state index is 11.8. The second-order valence-corrected chi connectivity index (χ2v) is 5.53. The van der Waals surface area contributed by atoms with Gasteiger partial charge in [-0.2, -0.15) is 5.26 Å². The van der Waals surface area contributed by atoms with Crippen molar-refractivity contribution in [3.63, 3.8) is 0 Å². The van der Waals surface area contributed by atoms with E-state index < -0.39 is 0 Å². The van der Waals surface area contributed by atoms with Crippen LogP contribution in [0.3, 0.4) is 0 Å². The van der Waals surface area contributed by atoms with Crippen LogP contribution in [-0.2, 0) is 10.2 Å². The summed E-state index contributed by atoms with van der Waals surface area (Å²) in [7, 11) is 0. The number of rotatable bonds is 3. The van der Waals surface area contributed by atoms with Gasteiger partial charge in [-0.05, 0) is 43.0 Å². The lowest BCUT2D eigenvalue weighted by Crippen LogP contribution is -2.39. The Morgan fingerprint density at radius 2 is 2.30 bits per heavy atom. The minimum absolute atomic E-state index is 0.112. The van der Waals surface area contributed by atoms with Gasteiger partial charge < -0.3 is 10.5 Å². The van der Waals surface area contributed by atoms with Crippen molar-refractivity contribution in [2.45, 2.75) is 31.2 Å². The molecule has 2 fully saturated rings. The number of cyclic esters (lactones) is 1. The molecular formula is C15H17N3O2. The zero-order valence-corrected chi connectivity index (χ0v) is 11.4. The van der Waals surface area contributed by atoms with Gasteiger partial charge in [-0.25, -0.2) is 4.79 Å². The quantitative estimate of drug-likeness (QED) is 0.909. The van der Waals surface area contributed by atoms with Crippen LogP contribution >= 0.6 is 0 Å². The SMILES string of the molecule is Cc1cc(N2C(=O)OC[C@@H]2CN)ccc1C1(C#N)CC1. The van der Waals surface area contributed by atoms with E-state index >= 15 is 0 Å². The number of nitrogens with zero attached hydrogens (tertiary/aromatic N) is 2. The maximum absolute atomic E-state index is 11.8. The highest BCUT2D eigenvalue weighted by atomic mass is 16.6. The molecule has 0 unspecified atom stereocenters. The predicted octanol–water partition coefficient (Wildman–Crippen LogP) is 1.83. The lowest BCUT2D eigenvalue weighted by molar-refractivity contribution is 0.179. The lowest BCUT2D eigenvalue weighted by atomic mass is 9.92. The van der Waals surface area contributed by atoms with Gasteiger partial charge in [-0.3, -0.25) is 4.90 Å². The van der Waals surface area contributed by atoms with Gasteiger partial charge in [0, 0.05) is 12.2 Å². The van der Waals surface area contributed by atoms with E-state index in [1.807, 2.05) is 25.1 Å². The predicted molar refractivity (Wildman–Crippen MR) is 74.4 cm³/mol. The fourth-order valence-electron chi connectivity index (χ4n) is 2.85. The monoisotopic (exact) mass is 271 g/mol. The summed E-state index contributed by atoms with van der Waals surface area (Å²) >= 11 is 0. The molecule has 1 aliphatic heterocycles. The molecule has 1 aliphatic carbocycles. The van der Waals surface area contributed by atoms with Crippen LogP contribution in [0.2, 0.25) is 0 Å². The van der Waals surface area contributed by atoms with Crippen LogP contribution in [0.25, 0.3) is 0 Å². The van der Waals surface area contributed by atoms with Crippen molar-refractivity contribution in [1.82, 2.24) is 0 Å². The van der Waals surface area contributed by atoms with Gasteiger partial charge in [0.2, 0.25) is 0 Å². The Labute approximate surface area is 117 Å². The molecule has 104 valence electrons. The molecule has 3 rings (SSSR count). The van der Waals surface area contributed by atoms with E-state index in [-0.39, 0.29) is 17.6 Å². The highest BCUT2D eigenvalue weighted by Crippen LogP contribution is 2.49. The molecule has 1 heterocycles. The molecule has 5 heteroatoms. The number of nitrogens with two attached hydrogens (primary N) is 1. The van der Waals surface area contributed by atoms with Crippen molar-refractivity contribution in [2.75, 3.05) is 18.1 Å². The number of carbonyl (C=O) groups excluding carboxylic acids is 1. The van der Waals surface area contributed by atoms with E-state index in [9.17, 15) is 10.1 Å². The topological polar surface area (TPSA) is 79.3 Å². The maximum Gasteiger partial charge on any atom is 0.414 e. The molecular weight excluding hydrogens is 254 g/mol. The normalized spacial score (nSPS) is 23.4. The van der Waals surface area contributed by atoms with Crippen LogP contribution in [-0.4, -0.2) is 25.3 Å².